The maximum atomic E-state index is 16.0. The van der Waals surface area contributed by atoms with E-state index in [0.717, 1.165) is 94.7 Å². The minimum absolute atomic E-state index is 0.133. The van der Waals surface area contributed by atoms with Crippen molar-refractivity contribution in [3.63, 3.8) is 0 Å². The van der Waals surface area contributed by atoms with E-state index in [1.54, 1.807) is 17.0 Å². The van der Waals surface area contributed by atoms with E-state index in [2.05, 4.69) is 52.1 Å². The van der Waals surface area contributed by atoms with Crippen LogP contribution in [-0.2, 0) is 22.6 Å². The molecule has 0 spiro atoms. The summed E-state index contributed by atoms with van der Waals surface area (Å²) in [5, 5.41) is 12.5. The Hall–Kier alpha value is -4.44. The van der Waals surface area contributed by atoms with Crippen molar-refractivity contribution in [3.05, 3.63) is 88.2 Å². The molecule has 3 atom stereocenters. The quantitative estimate of drug-likeness (QED) is 0.273. The molecule has 9 nitrogen and oxygen atoms in total. The van der Waals surface area contributed by atoms with Crippen LogP contribution in [0.2, 0.25) is 0 Å². The first-order valence-corrected chi connectivity index (χ1v) is 19.7. The predicted octanol–water partition coefficient (Wildman–Crippen LogP) is 6.07. The zero-order valence-electron chi connectivity index (χ0n) is 31.0. The van der Waals surface area contributed by atoms with Gasteiger partial charge in [-0.05, 0) is 121 Å². The van der Waals surface area contributed by atoms with E-state index in [9.17, 15) is 19.5 Å². The van der Waals surface area contributed by atoms with E-state index >= 15 is 4.39 Å². The van der Waals surface area contributed by atoms with Gasteiger partial charge in [0.05, 0.1) is 5.69 Å². The average molecular weight is 722 g/mol. The van der Waals surface area contributed by atoms with Crippen LogP contribution in [0, 0.1) is 23.6 Å². The highest BCUT2D eigenvalue weighted by atomic mass is 19.1. The molecule has 53 heavy (non-hydrogen) atoms. The van der Waals surface area contributed by atoms with Crippen LogP contribution in [-0.4, -0.2) is 84.5 Å². The molecule has 5 aliphatic rings. The second-order valence-corrected chi connectivity index (χ2v) is 16.5. The highest BCUT2D eigenvalue weighted by Gasteiger charge is 2.39. The Balaban J connectivity index is 0.841. The van der Waals surface area contributed by atoms with Crippen LogP contribution in [0.25, 0.3) is 0 Å². The van der Waals surface area contributed by atoms with E-state index < -0.39 is 6.04 Å². The summed E-state index contributed by atoms with van der Waals surface area (Å²) in [5.41, 5.74) is 6.85. The highest BCUT2D eigenvalue weighted by Crippen LogP contribution is 2.45. The normalized spacial score (nSPS) is 24.1. The number of hydrogen-bond donors (Lipinski definition) is 2. The second kappa shape index (κ2) is 14.8. The molecule has 3 fully saturated rings. The Labute approximate surface area is 312 Å². The third-order valence-corrected chi connectivity index (χ3v) is 12.5. The van der Waals surface area contributed by atoms with Gasteiger partial charge in [0.2, 0.25) is 11.8 Å². The fourth-order valence-electron chi connectivity index (χ4n) is 9.83. The summed E-state index contributed by atoms with van der Waals surface area (Å²) >= 11 is 0. The molecular weight excluding hydrogens is 670 g/mol. The third kappa shape index (κ3) is 7.27. The number of amides is 3. The number of imide groups is 1. The number of phenols is 1. The van der Waals surface area contributed by atoms with Gasteiger partial charge in [-0.2, -0.15) is 0 Å². The van der Waals surface area contributed by atoms with Gasteiger partial charge in [0.15, 0.2) is 0 Å². The van der Waals surface area contributed by atoms with Crippen molar-refractivity contribution in [1.82, 2.24) is 15.1 Å². The number of piperazine rings is 1. The maximum Gasteiger partial charge on any atom is 0.255 e. The molecule has 1 aliphatic carbocycles. The molecule has 3 aromatic carbocycles. The second-order valence-electron chi connectivity index (χ2n) is 16.5. The van der Waals surface area contributed by atoms with Crippen molar-refractivity contribution in [2.45, 2.75) is 77.3 Å². The van der Waals surface area contributed by atoms with Crippen LogP contribution in [0.15, 0.2) is 54.6 Å². The number of halogens is 1. The summed E-state index contributed by atoms with van der Waals surface area (Å²) in [5.74, 6) is 1.10. The van der Waals surface area contributed by atoms with Gasteiger partial charge in [-0.15, -0.1) is 0 Å². The van der Waals surface area contributed by atoms with Crippen molar-refractivity contribution in [3.8, 4) is 5.75 Å². The van der Waals surface area contributed by atoms with Gasteiger partial charge in [-0.25, -0.2) is 4.39 Å². The number of piperidine rings is 2. The molecule has 3 aromatic rings. The van der Waals surface area contributed by atoms with Crippen LogP contribution in [0.5, 0.6) is 5.75 Å². The lowest BCUT2D eigenvalue weighted by atomic mass is 9.69. The smallest absolute Gasteiger partial charge is 0.255 e. The number of nitrogens with zero attached hydrogens (tertiary/aromatic N) is 4. The van der Waals surface area contributed by atoms with E-state index in [-0.39, 0.29) is 35.9 Å². The highest BCUT2D eigenvalue weighted by molar-refractivity contribution is 6.05. The molecule has 0 saturated carbocycles. The lowest BCUT2D eigenvalue weighted by molar-refractivity contribution is -0.136. The van der Waals surface area contributed by atoms with E-state index in [4.69, 9.17) is 0 Å². The topological polar surface area (TPSA) is 96.4 Å². The monoisotopic (exact) mass is 721 g/mol. The fraction of sp³-hybridized carbons (Fsp3) is 0.512. The standard InChI is InChI=1S/C43H52FN5O4/c1-27(2)21-30-4-3-29-23-34(50)7-9-35(29)41(30)31-5-10-38(37(44)24-31)48-15-13-28(14-16-48)25-46-17-19-47(20-18-46)33-6-8-36-32(22-33)26-49(43(36)53)39-11-12-40(51)45-42(39)52/h5-10,22-24,27-28,30,39,41,50H,3-4,11-21,25-26H2,1-2H3,(H,45,51,52)/t30-,39-,41-/m0/s1. The summed E-state index contributed by atoms with van der Waals surface area (Å²) in [6.45, 7) is 11.4. The van der Waals surface area contributed by atoms with Gasteiger partial charge < -0.3 is 19.8 Å². The van der Waals surface area contributed by atoms with Crippen LogP contribution in [0.3, 0.4) is 0 Å². The molecule has 4 heterocycles. The molecule has 0 unspecified atom stereocenters. The molecule has 0 bridgehead atoms. The summed E-state index contributed by atoms with van der Waals surface area (Å²) < 4.78 is 16.0. The molecule has 3 saturated heterocycles. The Bertz CT molecular complexity index is 1880. The van der Waals surface area contributed by atoms with Crippen molar-refractivity contribution in [2.75, 3.05) is 55.6 Å². The number of carbonyl (C=O) groups excluding carboxylic acids is 3. The number of carbonyl (C=O) groups is 3. The first kappa shape index (κ1) is 35.6. The number of aryl methyl sites for hydroxylation is 1. The Kier molecular flexibility index (Phi) is 9.91. The summed E-state index contributed by atoms with van der Waals surface area (Å²) in [6.07, 6.45) is 5.80. The third-order valence-electron chi connectivity index (χ3n) is 12.5. The molecule has 10 heteroatoms. The summed E-state index contributed by atoms with van der Waals surface area (Å²) in [7, 11) is 0. The van der Waals surface area contributed by atoms with E-state index in [0.29, 0.717) is 47.7 Å². The minimum atomic E-state index is -0.601. The van der Waals surface area contributed by atoms with Crippen LogP contribution < -0.4 is 15.1 Å². The SMILES string of the molecule is CC(C)C[C@@H]1CCc2cc(O)ccc2[C@@H]1c1ccc(N2CCC(CN3CCN(c4ccc5c(c4)CN([C@H]4CCC(=O)NC4=O)C5=O)CC3)CC2)c(F)c1. The Morgan fingerprint density at radius 2 is 1.62 bits per heavy atom. The zero-order valence-corrected chi connectivity index (χ0v) is 31.0. The molecule has 8 rings (SSSR count). The molecular formula is C43H52FN5O4. The van der Waals surface area contributed by atoms with Crippen LogP contribution in [0.1, 0.15) is 90.9 Å². The predicted molar refractivity (Wildman–Crippen MR) is 204 cm³/mol. The summed E-state index contributed by atoms with van der Waals surface area (Å²) in [6, 6.07) is 17.1. The molecule has 0 aromatic heterocycles. The van der Waals surface area contributed by atoms with Crippen LogP contribution >= 0.6 is 0 Å². The number of hydrogen-bond acceptors (Lipinski definition) is 7. The molecule has 3 amide bonds. The first-order valence-electron chi connectivity index (χ1n) is 19.7. The number of aromatic hydroxyl groups is 1. The number of anilines is 2. The van der Waals surface area contributed by atoms with Gasteiger partial charge in [0.1, 0.15) is 17.6 Å². The molecule has 0 radical (unpaired) electrons. The van der Waals surface area contributed by atoms with Gasteiger partial charge in [-0.3, -0.25) is 24.6 Å². The van der Waals surface area contributed by atoms with Gasteiger partial charge in [-0.1, -0.05) is 26.0 Å². The molecule has 4 aliphatic heterocycles. The Morgan fingerprint density at radius 3 is 2.36 bits per heavy atom. The lowest BCUT2D eigenvalue weighted by Crippen LogP contribution is -2.52. The van der Waals surface area contributed by atoms with Gasteiger partial charge in [0.25, 0.3) is 5.91 Å². The fourth-order valence-corrected chi connectivity index (χ4v) is 9.83. The molecule has 280 valence electrons. The number of benzene rings is 3. The van der Waals surface area contributed by atoms with Crippen LogP contribution in [0.4, 0.5) is 15.8 Å². The first-order chi connectivity index (χ1) is 25.6. The number of nitrogens with one attached hydrogen (secondary N) is 1. The maximum absolute atomic E-state index is 16.0. The van der Waals surface area contributed by atoms with Crippen molar-refractivity contribution in [1.29, 1.82) is 0 Å². The summed E-state index contributed by atoms with van der Waals surface area (Å²) in [4.78, 5) is 46.0. The lowest BCUT2D eigenvalue weighted by Gasteiger charge is -2.40. The Morgan fingerprint density at radius 1 is 0.830 bits per heavy atom. The largest absolute Gasteiger partial charge is 0.508 e. The minimum Gasteiger partial charge on any atom is -0.508 e. The van der Waals surface area contributed by atoms with E-state index in [1.807, 2.05) is 24.3 Å². The van der Waals surface area contributed by atoms with Crippen molar-refractivity contribution in [2.24, 2.45) is 17.8 Å². The molecule has 2 N–H and O–H groups in total. The number of rotatable bonds is 8. The van der Waals surface area contributed by atoms with Crippen molar-refractivity contribution < 1.29 is 23.9 Å². The van der Waals surface area contributed by atoms with E-state index in [1.165, 1.54) is 11.1 Å². The zero-order chi connectivity index (χ0) is 36.8. The average Bonchev–Trinajstić information content (AvgIpc) is 3.47. The van der Waals surface area contributed by atoms with Gasteiger partial charge in [0, 0.05) is 75.9 Å². The van der Waals surface area contributed by atoms with Crippen molar-refractivity contribution >= 4 is 29.1 Å². The van der Waals surface area contributed by atoms with Gasteiger partial charge >= 0.3 is 0 Å². The number of phenolic OH excluding ortho intramolecular Hbond substituents is 1. The number of fused-ring (bicyclic) bond motifs is 2.